The predicted octanol–water partition coefficient (Wildman–Crippen LogP) is 4.68. The van der Waals surface area contributed by atoms with Crippen molar-refractivity contribution < 1.29 is 0 Å². The molecule has 16 heavy (non-hydrogen) atoms. The lowest BCUT2D eigenvalue weighted by atomic mass is 10.1. The van der Waals surface area contributed by atoms with Gasteiger partial charge < -0.3 is 0 Å². The molecule has 0 saturated heterocycles. The summed E-state index contributed by atoms with van der Waals surface area (Å²) in [7, 11) is -1.39. The highest BCUT2D eigenvalue weighted by Gasteiger charge is 2.31. The molecule has 86 valence electrons. The second-order valence-corrected chi connectivity index (χ2v) is 12.0. The van der Waals surface area contributed by atoms with E-state index in [1.54, 1.807) is 0 Å². The maximum absolute atomic E-state index is 8.67. The zero-order chi connectivity index (χ0) is 12.2. The van der Waals surface area contributed by atoms with Crippen LogP contribution < -0.4 is 0 Å². The first-order chi connectivity index (χ1) is 7.46. The molecule has 1 aromatic carbocycles. The van der Waals surface area contributed by atoms with Gasteiger partial charge in [0.15, 0.2) is 0 Å². The van der Waals surface area contributed by atoms with Gasteiger partial charge in [0, 0.05) is 9.36 Å². The standard InChI is InChI=1S/C11H16BrN3Si/c1-16(2,3)11(12)10(14-15-13)9-7-5-4-6-8-9/h4-8,10-11H,1-3H3. The largest absolute Gasteiger partial charge is 0.0917 e. The van der Waals surface area contributed by atoms with Gasteiger partial charge in [-0.2, -0.15) is 0 Å². The summed E-state index contributed by atoms with van der Waals surface area (Å²) in [6, 6.07) is 9.81. The fraction of sp³-hybridized carbons (Fsp3) is 0.455. The van der Waals surface area contributed by atoms with E-state index in [9.17, 15) is 0 Å². The number of halogens is 1. The maximum atomic E-state index is 8.67. The Morgan fingerprint density at radius 1 is 1.25 bits per heavy atom. The SMILES string of the molecule is C[Si](C)(C)C(Br)C(N=[N+]=[N-])c1ccccc1. The van der Waals surface area contributed by atoms with Crippen LogP contribution in [0.15, 0.2) is 35.4 Å². The van der Waals surface area contributed by atoms with Gasteiger partial charge in [-0.15, -0.1) is 0 Å². The van der Waals surface area contributed by atoms with E-state index in [-0.39, 0.29) is 10.5 Å². The first kappa shape index (κ1) is 13.3. The van der Waals surface area contributed by atoms with Gasteiger partial charge in [-0.3, -0.25) is 0 Å². The minimum Gasteiger partial charge on any atom is -0.0917 e. The zero-order valence-electron chi connectivity index (χ0n) is 9.76. The van der Waals surface area contributed by atoms with Crippen LogP contribution in [0.1, 0.15) is 11.6 Å². The van der Waals surface area contributed by atoms with Crippen molar-refractivity contribution in [1.82, 2.24) is 0 Å². The topological polar surface area (TPSA) is 48.8 Å². The van der Waals surface area contributed by atoms with Crippen LogP contribution in [0, 0.1) is 0 Å². The molecule has 0 aromatic heterocycles. The Morgan fingerprint density at radius 2 is 1.81 bits per heavy atom. The van der Waals surface area contributed by atoms with Gasteiger partial charge in [0.25, 0.3) is 0 Å². The van der Waals surface area contributed by atoms with Crippen LogP contribution in [0.25, 0.3) is 10.4 Å². The molecule has 0 radical (unpaired) electrons. The average Bonchev–Trinajstić information content (AvgIpc) is 2.25. The number of nitrogens with zero attached hydrogens (tertiary/aromatic N) is 3. The summed E-state index contributed by atoms with van der Waals surface area (Å²) >= 11 is 3.70. The summed E-state index contributed by atoms with van der Waals surface area (Å²) in [5.74, 6) is 0. The number of azide groups is 1. The molecular weight excluding hydrogens is 282 g/mol. The van der Waals surface area contributed by atoms with E-state index in [0.717, 1.165) is 5.56 Å². The summed E-state index contributed by atoms with van der Waals surface area (Å²) < 4.78 is 0.248. The third kappa shape index (κ3) is 3.37. The molecule has 0 aliphatic rings. The van der Waals surface area contributed by atoms with Gasteiger partial charge in [0.05, 0.1) is 14.1 Å². The molecule has 0 amide bonds. The second-order valence-electron chi connectivity index (χ2n) is 4.83. The molecule has 0 saturated carbocycles. The molecule has 0 fully saturated rings. The quantitative estimate of drug-likeness (QED) is 0.255. The highest BCUT2D eigenvalue weighted by atomic mass is 79.9. The highest BCUT2D eigenvalue weighted by molar-refractivity contribution is 9.10. The number of hydrogen-bond donors (Lipinski definition) is 0. The molecule has 0 aliphatic carbocycles. The maximum Gasteiger partial charge on any atom is 0.0725 e. The molecule has 3 nitrogen and oxygen atoms in total. The lowest BCUT2D eigenvalue weighted by Crippen LogP contribution is -2.37. The van der Waals surface area contributed by atoms with Crippen molar-refractivity contribution in [2.24, 2.45) is 5.11 Å². The van der Waals surface area contributed by atoms with Gasteiger partial charge in [0.2, 0.25) is 0 Å². The molecule has 2 atom stereocenters. The van der Waals surface area contributed by atoms with Crippen molar-refractivity contribution in [2.75, 3.05) is 0 Å². The van der Waals surface area contributed by atoms with Crippen LogP contribution in [0.5, 0.6) is 0 Å². The monoisotopic (exact) mass is 297 g/mol. The van der Waals surface area contributed by atoms with Gasteiger partial charge in [-0.25, -0.2) is 0 Å². The van der Waals surface area contributed by atoms with Gasteiger partial charge in [0.1, 0.15) is 0 Å². The van der Waals surface area contributed by atoms with Crippen LogP contribution in [0.3, 0.4) is 0 Å². The Hall–Kier alpha value is -0.773. The summed E-state index contributed by atoms with van der Waals surface area (Å²) in [5.41, 5.74) is 9.74. The van der Waals surface area contributed by atoms with E-state index in [4.69, 9.17) is 5.53 Å². The molecular formula is C11H16BrN3Si. The third-order valence-corrected chi connectivity index (χ3v) is 9.01. The third-order valence-electron chi connectivity index (χ3n) is 2.42. The lowest BCUT2D eigenvalue weighted by Gasteiger charge is -2.28. The van der Waals surface area contributed by atoms with Crippen molar-refractivity contribution in [1.29, 1.82) is 0 Å². The smallest absolute Gasteiger partial charge is 0.0725 e. The Kier molecular flexibility index (Phi) is 4.59. The first-order valence-corrected chi connectivity index (χ1v) is 9.69. The van der Waals surface area contributed by atoms with Gasteiger partial charge in [-0.1, -0.05) is 71.0 Å². The minimum absolute atomic E-state index is 0.113. The Morgan fingerprint density at radius 3 is 2.25 bits per heavy atom. The molecule has 1 rings (SSSR count). The summed E-state index contributed by atoms with van der Waals surface area (Å²) in [6.07, 6.45) is 0. The molecule has 2 unspecified atom stereocenters. The van der Waals surface area contributed by atoms with E-state index in [1.165, 1.54) is 0 Å². The Balaban J connectivity index is 3.06. The number of alkyl halides is 1. The zero-order valence-corrected chi connectivity index (χ0v) is 12.3. The van der Waals surface area contributed by atoms with Gasteiger partial charge >= 0.3 is 0 Å². The molecule has 0 aliphatic heterocycles. The van der Waals surface area contributed by atoms with Crippen molar-refractivity contribution in [3.05, 3.63) is 46.3 Å². The van der Waals surface area contributed by atoms with E-state index in [1.807, 2.05) is 30.3 Å². The Labute approximate surface area is 106 Å². The second kappa shape index (κ2) is 5.52. The van der Waals surface area contributed by atoms with Crippen molar-refractivity contribution in [3.63, 3.8) is 0 Å². The predicted molar refractivity (Wildman–Crippen MR) is 74.4 cm³/mol. The van der Waals surface area contributed by atoms with E-state index < -0.39 is 8.07 Å². The van der Waals surface area contributed by atoms with Crippen LogP contribution >= 0.6 is 15.9 Å². The van der Waals surface area contributed by atoms with Crippen molar-refractivity contribution in [3.8, 4) is 0 Å². The highest BCUT2D eigenvalue weighted by Crippen LogP contribution is 2.33. The summed E-state index contributed by atoms with van der Waals surface area (Å²) in [5, 5.41) is 3.93. The van der Waals surface area contributed by atoms with E-state index in [2.05, 4.69) is 45.6 Å². The van der Waals surface area contributed by atoms with Crippen LogP contribution in [-0.4, -0.2) is 12.5 Å². The van der Waals surface area contributed by atoms with Crippen LogP contribution in [0.4, 0.5) is 0 Å². The normalized spacial score (nSPS) is 15.0. The van der Waals surface area contributed by atoms with Crippen molar-refractivity contribution >= 4 is 24.0 Å². The fourth-order valence-electron chi connectivity index (χ4n) is 1.47. The number of hydrogen-bond acceptors (Lipinski definition) is 1. The van der Waals surface area contributed by atoms with Crippen LogP contribution in [-0.2, 0) is 0 Å². The van der Waals surface area contributed by atoms with E-state index in [0.29, 0.717) is 0 Å². The molecule has 5 heteroatoms. The van der Waals surface area contributed by atoms with Gasteiger partial charge in [-0.05, 0) is 11.1 Å². The molecule has 1 aromatic rings. The average molecular weight is 298 g/mol. The number of benzene rings is 1. The first-order valence-electron chi connectivity index (χ1n) is 5.20. The molecule has 0 N–H and O–H groups in total. The lowest BCUT2D eigenvalue weighted by molar-refractivity contribution is 0.775. The summed E-state index contributed by atoms with van der Waals surface area (Å²) in [6.45, 7) is 6.78. The molecule has 0 bridgehead atoms. The fourth-order valence-corrected chi connectivity index (χ4v) is 3.09. The molecule has 0 spiro atoms. The Bertz CT molecular complexity index is 382. The number of rotatable bonds is 4. The van der Waals surface area contributed by atoms with E-state index >= 15 is 0 Å². The van der Waals surface area contributed by atoms with Crippen LogP contribution in [0.2, 0.25) is 19.6 Å². The molecule has 0 heterocycles. The summed E-state index contributed by atoms with van der Waals surface area (Å²) in [4.78, 5) is 2.96. The minimum atomic E-state index is -1.39. The van der Waals surface area contributed by atoms with Crippen molar-refractivity contribution in [2.45, 2.75) is 30.1 Å².